The number of hydrogen-bond acceptors (Lipinski definition) is 3. The number of rotatable bonds is 7. The third-order valence-electron chi connectivity index (χ3n) is 3.33. The van der Waals surface area contributed by atoms with Crippen LogP contribution in [-0.4, -0.2) is 32.1 Å². The van der Waals surface area contributed by atoms with E-state index in [2.05, 4.69) is 15.6 Å². The molecular weight excluding hydrogens is 450 g/mol. The number of guanidine groups is 1. The Hall–Kier alpha value is -2.36. The molecule has 0 heterocycles. The number of amides is 1. The van der Waals surface area contributed by atoms with Gasteiger partial charge in [-0.1, -0.05) is 12.1 Å². The fourth-order valence-electron chi connectivity index (χ4n) is 2.13. The number of nitrogens with one attached hydrogen (secondary N) is 2. The molecule has 140 valence electrons. The second-order valence-electron chi connectivity index (χ2n) is 5.28. The minimum absolute atomic E-state index is 0. The summed E-state index contributed by atoms with van der Waals surface area (Å²) in [7, 11) is 1.60. The van der Waals surface area contributed by atoms with Gasteiger partial charge in [0.15, 0.2) is 5.96 Å². The van der Waals surface area contributed by atoms with E-state index in [0.717, 1.165) is 11.4 Å². The number of nitrogens with two attached hydrogens (primary N) is 1. The van der Waals surface area contributed by atoms with Crippen molar-refractivity contribution in [3.8, 4) is 5.75 Å². The largest absolute Gasteiger partial charge is 0.497 e. The molecule has 2 rings (SSSR count). The Morgan fingerprint density at radius 3 is 2.62 bits per heavy atom. The summed E-state index contributed by atoms with van der Waals surface area (Å²) in [5, 5.41) is 5.66. The maximum Gasteiger partial charge on any atom is 0.224 e. The number of carbonyl (C=O) groups excluding carboxylic acids is 1. The molecular formula is C18H22FIN4O2. The number of anilines is 1. The summed E-state index contributed by atoms with van der Waals surface area (Å²) in [6, 6.07) is 13.2. The molecule has 8 heteroatoms. The summed E-state index contributed by atoms with van der Waals surface area (Å²) in [6.45, 7) is 0.684. The molecule has 0 aliphatic rings. The van der Waals surface area contributed by atoms with Gasteiger partial charge in [0.25, 0.3) is 0 Å². The minimum atomic E-state index is -0.354. The molecule has 0 aliphatic carbocycles. The van der Waals surface area contributed by atoms with Crippen molar-refractivity contribution in [1.82, 2.24) is 5.32 Å². The van der Waals surface area contributed by atoms with E-state index in [9.17, 15) is 9.18 Å². The first-order valence-electron chi connectivity index (χ1n) is 7.79. The van der Waals surface area contributed by atoms with E-state index in [-0.39, 0.29) is 48.1 Å². The predicted molar refractivity (Wildman–Crippen MR) is 112 cm³/mol. The molecule has 0 aromatic heterocycles. The van der Waals surface area contributed by atoms with Gasteiger partial charge in [0, 0.05) is 12.2 Å². The molecule has 0 spiro atoms. The lowest BCUT2D eigenvalue weighted by molar-refractivity contribution is -0.120. The molecule has 4 N–H and O–H groups in total. The van der Waals surface area contributed by atoms with Crippen molar-refractivity contribution < 1.29 is 13.9 Å². The Morgan fingerprint density at radius 2 is 1.96 bits per heavy atom. The maximum atomic E-state index is 13.1. The Morgan fingerprint density at radius 1 is 1.23 bits per heavy atom. The summed E-state index contributed by atoms with van der Waals surface area (Å²) in [5.41, 5.74) is 7.20. The standard InChI is InChI=1S/C18H21FN4O2.HI/c1-25-16-7-5-15(6-8-16)23-18(20)22-10-9-21-17(24)12-13-3-2-4-14(19)11-13;/h2-8,11H,9-10,12H2,1H3,(H,21,24)(H3,20,22,23);1H. The van der Waals surface area contributed by atoms with Crippen LogP contribution in [0.4, 0.5) is 10.1 Å². The van der Waals surface area contributed by atoms with Gasteiger partial charge in [0.1, 0.15) is 11.6 Å². The molecule has 2 aromatic carbocycles. The fraction of sp³-hybridized carbons (Fsp3) is 0.222. The molecule has 0 saturated heterocycles. The smallest absolute Gasteiger partial charge is 0.224 e. The van der Waals surface area contributed by atoms with E-state index in [1.807, 2.05) is 24.3 Å². The van der Waals surface area contributed by atoms with Crippen LogP contribution in [0.15, 0.2) is 53.5 Å². The van der Waals surface area contributed by atoms with Crippen molar-refractivity contribution in [3.05, 3.63) is 59.9 Å². The molecule has 6 nitrogen and oxygen atoms in total. The zero-order valence-electron chi connectivity index (χ0n) is 14.4. The lowest BCUT2D eigenvalue weighted by Crippen LogP contribution is -2.29. The molecule has 26 heavy (non-hydrogen) atoms. The normalized spacial score (nSPS) is 10.6. The highest BCUT2D eigenvalue weighted by Gasteiger charge is 2.03. The number of halogens is 2. The molecule has 0 saturated carbocycles. The fourth-order valence-corrected chi connectivity index (χ4v) is 2.13. The van der Waals surface area contributed by atoms with Crippen LogP contribution >= 0.6 is 24.0 Å². The van der Waals surface area contributed by atoms with Gasteiger partial charge in [-0.2, -0.15) is 0 Å². The third kappa shape index (κ3) is 7.68. The third-order valence-corrected chi connectivity index (χ3v) is 3.33. The van der Waals surface area contributed by atoms with E-state index in [1.165, 1.54) is 12.1 Å². The van der Waals surface area contributed by atoms with Crippen LogP contribution in [0.25, 0.3) is 0 Å². The average molecular weight is 472 g/mol. The average Bonchev–Trinajstić information content (AvgIpc) is 2.59. The second-order valence-corrected chi connectivity index (χ2v) is 5.28. The van der Waals surface area contributed by atoms with E-state index in [4.69, 9.17) is 10.5 Å². The van der Waals surface area contributed by atoms with Gasteiger partial charge in [-0.05, 0) is 42.0 Å². The van der Waals surface area contributed by atoms with Gasteiger partial charge in [-0.3, -0.25) is 9.79 Å². The van der Waals surface area contributed by atoms with Gasteiger partial charge < -0.3 is 21.1 Å². The Bertz CT molecular complexity index is 738. The van der Waals surface area contributed by atoms with Gasteiger partial charge in [0.05, 0.1) is 20.1 Å². The SMILES string of the molecule is COc1ccc(NC(N)=NCCNC(=O)Cc2cccc(F)c2)cc1.I. The number of hydrogen-bond donors (Lipinski definition) is 3. The molecule has 0 fully saturated rings. The van der Waals surface area contributed by atoms with Crippen LogP contribution in [0.1, 0.15) is 5.56 Å². The van der Waals surface area contributed by atoms with Crippen LogP contribution in [0.2, 0.25) is 0 Å². The van der Waals surface area contributed by atoms with Crippen molar-refractivity contribution in [3.63, 3.8) is 0 Å². The lowest BCUT2D eigenvalue weighted by atomic mass is 10.1. The van der Waals surface area contributed by atoms with E-state index in [0.29, 0.717) is 18.7 Å². The highest BCUT2D eigenvalue weighted by atomic mass is 127. The zero-order valence-corrected chi connectivity index (χ0v) is 16.7. The van der Waals surface area contributed by atoms with Crippen LogP contribution < -0.4 is 21.1 Å². The second kappa shape index (κ2) is 11.3. The molecule has 0 aliphatic heterocycles. The summed E-state index contributed by atoms with van der Waals surface area (Å²) < 4.78 is 18.1. The molecule has 0 unspecified atom stereocenters. The lowest BCUT2D eigenvalue weighted by Gasteiger charge is -2.07. The van der Waals surface area contributed by atoms with Crippen LogP contribution in [0.5, 0.6) is 5.75 Å². The van der Waals surface area contributed by atoms with Crippen molar-refractivity contribution in [2.45, 2.75) is 6.42 Å². The van der Waals surface area contributed by atoms with Crippen molar-refractivity contribution in [1.29, 1.82) is 0 Å². The summed E-state index contributed by atoms with van der Waals surface area (Å²) in [6.07, 6.45) is 0.126. The number of benzene rings is 2. The first-order valence-corrected chi connectivity index (χ1v) is 7.79. The Labute approximate surface area is 169 Å². The quantitative estimate of drug-likeness (QED) is 0.250. The summed E-state index contributed by atoms with van der Waals surface area (Å²) >= 11 is 0. The topological polar surface area (TPSA) is 88.7 Å². The van der Waals surface area contributed by atoms with Gasteiger partial charge in [0.2, 0.25) is 5.91 Å². The molecule has 0 atom stereocenters. The molecule has 0 radical (unpaired) electrons. The van der Waals surface area contributed by atoms with E-state index in [1.54, 1.807) is 19.2 Å². The minimum Gasteiger partial charge on any atom is -0.497 e. The first kappa shape index (κ1) is 21.7. The Kier molecular flexibility index (Phi) is 9.42. The number of nitrogens with zero attached hydrogens (tertiary/aromatic N) is 1. The van der Waals surface area contributed by atoms with E-state index < -0.39 is 0 Å². The zero-order chi connectivity index (χ0) is 18.1. The molecule has 1 amide bonds. The molecule has 2 aromatic rings. The van der Waals surface area contributed by atoms with Gasteiger partial charge in [-0.15, -0.1) is 24.0 Å². The van der Waals surface area contributed by atoms with Gasteiger partial charge >= 0.3 is 0 Å². The van der Waals surface area contributed by atoms with Crippen LogP contribution in [-0.2, 0) is 11.2 Å². The number of carbonyl (C=O) groups is 1. The highest BCUT2D eigenvalue weighted by molar-refractivity contribution is 14.0. The summed E-state index contributed by atoms with van der Waals surface area (Å²) in [5.74, 6) is 0.460. The van der Waals surface area contributed by atoms with Gasteiger partial charge in [-0.25, -0.2) is 4.39 Å². The number of ether oxygens (including phenoxy) is 1. The first-order chi connectivity index (χ1) is 12.1. The molecule has 0 bridgehead atoms. The maximum absolute atomic E-state index is 13.1. The van der Waals surface area contributed by atoms with Crippen molar-refractivity contribution in [2.75, 3.05) is 25.5 Å². The monoisotopic (exact) mass is 472 g/mol. The van der Waals surface area contributed by atoms with Crippen molar-refractivity contribution >= 4 is 41.5 Å². The predicted octanol–water partition coefficient (Wildman–Crippen LogP) is 2.54. The summed E-state index contributed by atoms with van der Waals surface area (Å²) in [4.78, 5) is 15.9. The van der Waals surface area contributed by atoms with Crippen molar-refractivity contribution in [2.24, 2.45) is 10.7 Å². The Balaban J connectivity index is 0.00000338. The van der Waals surface area contributed by atoms with Crippen LogP contribution in [0.3, 0.4) is 0 Å². The number of methoxy groups -OCH3 is 1. The van der Waals surface area contributed by atoms with Crippen LogP contribution in [0, 0.1) is 5.82 Å². The number of aliphatic imine (C=N–C) groups is 1. The van der Waals surface area contributed by atoms with E-state index >= 15 is 0 Å². The highest BCUT2D eigenvalue weighted by Crippen LogP contribution is 2.14.